The molecule has 0 N–H and O–H groups in total. The molecule has 298 valence electrons. The third-order valence-electron chi connectivity index (χ3n) is 12.4. The standard InChI is InChI=1S/C61H43NS/c1-3-4-24-50-41(2)63-60-31-16-30-58(61(50)60)62(49-35-32-42(33-36-49)45-22-14-23-46(38-45)52-29-15-21-43-19-8-10-25-51(43)52)59-40-48(34-37-54(59)44-17-6-5-7-18-44)57-39-47-20-9-11-26-53(47)55-27-12-13-28-56(55)57/h3-40H,1H2,2H3/b24-4-. The summed E-state index contributed by atoms with van der Waals surface area (Å²) in [6.07, 6.45) is 6.13. The van der Waals surface area contributed by atoms with Crippen LogP contribution in [0.5, 0.6) is 0 Å². The van der Waals surface area contributed by atoms with Gasteiger partial charge < -0.3 is 4.90 Å². The Morgan fingerprint density at radius 1 is 0.429 bits per heavy atom. The Morgan fingerprint density at radius 2 is 1.06 bits per heavy atom. The first-order valence-corrected chi connectivity index (χ1v) is 22.3. The molecule has 11 rings (SSSR count). The Labute approximate surface area is 372 Å². The number of nitrogens with zero attached hydrogens (tertiary/aromatic N) is 1. The van der Waals surface area contributed by atoms with Gasteiger partial charge in [0.1, 0.15) is 0 Å². The zero-order valence-electron chi connectivity index (χ0n) is 35.0. The fraction of sp³-hybridized carbons (Fsp3) is 0.0164. The average molecular weight is 822 g/mol. The summed E-state index contributed by atoms with van der Waals surface area (Å²) in [6, 6.07) is 77.8. The lowest BCUT2D eigenvalue weighted by Gasteiger charge is -2.30. The van der Waals surface area contributed by atoms with E-state index in [0.29, 0.717) is 0 Å². The number of allylic oxidation sites excluding steroid dienone is 2. The van der Waals surface area contributed by atoms with Gasteiger partial charge in [-0.05, 0) is 126 Å². The van der Waals surface area contributed by atoms with E-state index in [1.54, 1.807) is 0 Å². The summed E-state index contributed by atoms with van der Waals surface area (Å²) in [6.45, 7) is 6.25. The van der Waals surface area contributed by atoms with Gasteiger partial charge in [0.05, 0.1) is 11.4 Å². The lowest BCUT2D eigenvalue weighted by molar-refractivity contribution is 1.30. The molecule has 0 saturated heterocycles. The number of aryl methyl sites for hydroxylation is 1. The molecule has 2 heteroatoms. The maximum absolute atomic E-state index is 4.02. The van der Waals surface area contributed by atoms with Gasteiger partial charge in [-0.1, -0.05) is 195 Å². The molecular weight excluding hydrogens is 779 g/mol. The van der Waals surface area contributed by atoms with Crippen molar-refractivity contribution in [3.63, 3.8) is 0 Å². The van der Waals surface area contributed by atoms with E-state index in [1.165, 1.54) is 86.2 Å². The van der Waals surface area contributed by atoms with Gasteiger partial charge in [0, 0.05) is 26.2 Å². The lowest BCUT2D eigenvalue weighted by Crippen LogP contribution is -2.12. The van der Waals surface area contributed by atoms with Gasteiger partial charge in [-0.25, -0.2) is 0 Å². The maximum atomic E-state index is 4.02. The molecule has 63 heavy (non-hydrogen) atoms. The summed E-state index contributed by atoms with van der Waals surface area (Å²) in [7, 11) is 0. The molecule has 0 bridgehead atoms. The third-order valence-corrected chi connectivity index (χ3v) is 13.5. The highest BCUT2D eigenvalue weighted by Crippen LogP contribution is 2.49. The van der Waals surface area contributed by atoms with Crippen LogP contribution in [0.3, 0.4) is 0 Å². The van der Waals surface area contributed by atoms with Gasteiger partial charge in [0.2, 0.25) is 0 Å². The molecule has 0 spiro atoms. The normalized spacial score (nSPS) is 11.6. The van der Waals surface area contributed by atoms with Crippen LogP contribution in [0.15, 0.2) is 231 Å². The van der Waals surface area contributed by atoms with Crippen molar-refractivity contribution in [3.8, 4) is 44.5 Å². The summed E-state index contributed by atoms with van der Waals surface area (Å²) in [5, 5.41) is 8.73. The molecule has 0 aliphatic carbocycles. The molecule has 0 aliphatic heterocycles. The number of rotatable bonds is 9. The van der Waals surface area contributed by atoms with Crippen LogP contribution in [0.4, 0.5) is 17.1 Å². The van der Waals surface area contributed by atoms with Gasteiger partial charge in [-0.3, -0.25) is 0 Å². The van der Waals surface area contributed by atoms with Gasteiger partial charge in [0.15, 0.2) is 0 Å². The highest BCUT2D eigenvalue weighted by Gasteiger charge is 2.23. The summed E-state index contributed by atoms with van der Waals surface area (Å²) >= 11 is 1.84. The van der Waals surface area contributed by atoms with E-state index in [9.17, 15) is 0 Å². The number of thiophene rings is 1. The molecule has 10 aromatic carbocycles. The van der Waals surface area contributed by atoms with Crippen molar-refractivity contribution < 1.29 is 0 Å². The predicted molar refractivity (Wildman–Crippen MR) is 275 cm³/mol. The zero-order valence-corrected chi connectivity index (χ0v) is 35.8. The van der Waals surface area contributed by atoms with Crippen LogP contribution in [0, 0.1) is 6.92 Å². The highest BCUT2D eigenvalue weighted by atomic mass is 32.1. The van der Waals surface area contributed by atoms with Crippen molar-refractivity contribution in [2.75, 3.05) is 4.90 Å². The zero-order chi connectivity index (χ0) is 42.3. The van der Waals surface area contributed by atoms with Crippen molar-refractivity contribution in [1.29, 1.82) is 0 Å². The van der Waals surface area contributed by atoms with Gasteiger partial charge in [0.25, 0.3) is 0 Å². The molecule has 0 aliphatic rings. The Morgan fingerprint density at radius 3 is 1.89 bits per heavy atom. The van der Waals surface area contributed by atoms with E-state index < -0.39 is 0 Å². The Balaban J connectivity index is 1.14. The average Bonchev–Trinajstić information content (AvgIpc) is 3.68. The lowest BCUT2D eigenvalue weighted by atomic mass is 9.91. The molecule has 0 atom stereocenters. The summed E-state index contributed by atoms with van der Waals surface area (Å²) < 4.78 is 1.25. The summed E-state index contributed by atoms with van der Waals surface area (Å²) in [5.41, 5.74) is 14.0. The first-order chi connectivity index (χ1) is 31.1. The first-order valence-electron chi connectivity index (χ1n) is 21.5. The van der Waals surface area contributed by atoms with E-state index >= 15 is 0 Å². The minimum atomic E-state index is 1.08. The van der Waals surface area contributed by atoms with Crippen LogP contribution >= 0.6 is 11.3 Å². The minimum absolute atomic E-state index is 1.08. The fourth-order valence-electron chi connectivity index (χ4n) is 9.42. The van der Waals surface area contributed by atoms with Crippen molar-refractivity contribution >= 4 is 76.9 Å². The van der Waals surface area contributed by atoms with E-state index in [4.69, 9.17) is 0 Å². The molecule has 0 radical (unpaired) electrons. The largest absolute Gasteiger partial charge is 0.309 e. The second-order valence-corrected chi connectivity index (χ2v) is 17.4. The number of anilines is 3. The van der Waals surface area contributed by atoms with Crippen LogP contribution in [0.1, 0.15) is 10.4 Å². The first kappa shape index (κ1) is 38.2. The van der Waals surface area contributed by atoms with Crippen LogP contribution in [0.25, 0.3) is 93.0 Å². The summed E-state index contributed by atoms with van der Waals surface area (Å²) in [4.78, 5) is 3.77. The monoisotopic (exact) mass is 821 g/mol. The second kappa shape index (κ2) is 16.2. The molecule has 1 aromatic heterocycles. The molecular formula is C61H43NS. The number of hydrogen-bond donors (Lipinski definition) is 0. The third kappa shape index (κ3) is 6.92. The van der Waals surface area contributed by atoms with Gasteiger partial charge in [-0.15, -0.1) is 11.3 Å². The Hall–Kier alpha value is -7.78. The van der Waals surface area contributed by atoms with E-state index in [1.807, 2.05) is 17.4 Å². The van der Waals surface area contributed by atoms with E-state index in [2.05, 4.69) is 243 Å². The molecule has 11 aromatic rings. The van der Waals surface area contributed by atoms with Crippen molar-refractivity contribution in [1.82, 2.24) is 0 Å². The SMILES string of the molecule is C=C/C=C\c1c(C)sc2cccc(N(c3ccc(-c4cccc(-c5cccc6ccccc56)c4)cc3)c3cc(-c4cc5ccccc5c5ccccc45)ccc3-c3ccccc3)c12. The number of hydrogen-bond acceptors (Lipinski definition) is 2. The second-order valence-electron chi connectivity index (χ2n) is 16.1. The maximum Gasteiger partial charge on any atom is 0.0554 e. The fourth-order valence-corrected chi connectivity index (χ4v) is 10.5. The summed E-state index contributed by atoms with van der Waals surface area (Å²) in [5.74, 6) is 0. The molecule has 0 unspecified atom stereocenters. The van der Waals surface area contributed by atoms with Gasteiger partial charge in [-0.2, -0.15) is 0 Å². The molecule has 0 amide bonds. The Bertz CT molecular complexity index is 3530. The molecule has 1 nitrogen and oxygen atoms in total. The van der Waals surface area contributed by atoms with Crippen molar-refractivity contribution in [2.45, 2.75) is 6.92 Å². The molecule has 0 saturated carbocycles. The molecule has 1 heterocycles. The van der Waals surface area contributed by atoms with Crippen LogP contribution in [-0.4, -0.2) is 0 Å². The van der Waals surface area contributed by atoms with E-state index in [0.717, 1.165) is 28.2 Å². The van der Waals surface area contributed by atoms with E-state index in [-0.39, 0.29) is 0 Å². The predicted octanol–water partition coefficient (Wildman–Crippen LogP) is 18.0. The van der Waals surface area contributed by atoms with Crippen LogP contribution < -0.4 is 4.90 Å². The quantitative estimate of drug-likeness (QED) is 0.104. The Kier molecular flexibility index (Phi) is 9.84. The van der Waals surface area contributed by atoms with Crippen LogP contribution in [-0.2, 0) is 0 Å². The number of fused-ring (bicyclic) bond motifs is 5. The van der Waals surface area contributed by atoms with Crippen molar-refractivity contribution in [3.05, 3.63) is 241 Å². The van der Waals surface area contributed by atoms with Gasteiger partial charge >= 0.3 is 0 Å². The highest BCUT2D eigenvalue weighted by molar-refractivity contribution is 7.19. The number of benzene rings is 10. The molecule has 0 fully saturated rings. The minimum Gasteiger partial charge on any atom is -0.309 e. The topological polar surface area (TPSA) is 3.24 Å². The van der Waals surface area contributed by atoms with Crippen LogP contribution in [0.2, 0.25) is 0 Å². The van der Waals surface area contributed by atoms with Crippen molar-refractivity contribution in [2.24, 2.45) is 0 Å². The smallest absolute Gasteiger partial charge is 0.0554 e.